The van der Waals surface area contributed by atoms with Crippen molar-refractivity contribution in [2.75, 3.05) is 44.7 Å². The predicted octanol–water partition coefficient (Wildman–Crippen LogP) is 2.37. The smallest absolute Gasteiger partial charge is 0.156 e. The van der Waals surface area contributed by atoms with Gasteiger partial charge in [0.1, 0.15) is 5.82 Å². The normalized spacial score (nSPS) is 18.0. The third-order valence-electron chi connectivity index (χ3n) is 5.19. The molecule has 0 atom stereocenters. The Labute approximate surface area is 151 Å². The van der Waals surface area contributed by atoms with Gasteiger partial charge in [-0.25, -0.2) is 9.98 Å². The third-order valence-corrected chi connectivity index (χ3v) is 5.19. The van der Waals surface area contributed by atoms with Crippen molar-refractivity contribution in [1.29, 1.82) is 0 Å². The molecule has 3 aromatic rings. The van der Waals surface area contributed by atoms with Crippen LogP contribution in [0.4, 0.5) is 5.82 Å². The molecule has 26 heavy (non-hydrogen) atoms. The molecule has 1 aromatic carbocycles. The maximum atomic E-state index is 5.12. The quantitative estimate of drug-likeness (QED) is 0.670. The van der Waals surface area contributed by atoms with Crippen LogP contribution in [0.15, 0.2) is 46.6 Å². The second-order valence-electron chi connectivity index (χ2n) is 6.82. The van der Waals surface area contributed by atoms with E-state index < -0.39 is 0 Å². The number of amidine groups is 1. The fraction of sp³-hybridized carbons (Fsp3) is 0.300. The lowest BCUT2D eigenvalue weighted by Gasteiger charge is -2.34. The molecule has 6 heteroatoms. The van der Waals surface area contributed by atoms with Crippen molar-refractivity contribution in [3.05, 3.63) is 42.2 Å². The predicted molar refractivity (Wildman–Crippen MR) is 107 cm³/mol. The van der Waals surface area contributed by atoms with E-state index in [-0.39, 0.29) is 0 Å². The first kappa shape index (κ1) is 15.4. The van der Waals surface area contributed by atoms with E-state index in [2.05, 4.69) is 56.1 Å². The summed E-state index contributed by atoms with van der Waals surface area (Å²) in [6.07, 6.45) is 5.64. The first-order valence-corrected chi connectivity index (χ1v) is 8.98. The molecule has 0 N–H and O–H groups in total. The monoisotopic (exact) mass is 344 g/mol. The number of likely N-dealkylation sites (N-methyl/N-ethyl adjacent to an activating group) is 1. The summed E-state index contributed by atoms with van der Waals surface area (Å²) in [5.41, 5.74) is 1.96. The minimum Gasteiger partial charge on any atom is -0.354 e. The zero-order valence-electron chi connectivity index (χ0n) is 14.8. The largest absolute Gasteiger partial charge is 0.354 e. The molecule has 2 aliphatic rings. The van der Waals surface area contributed by atoms with Crippen molar-refractivity contribution in [2.24, 2.45) is 9.98 Å². The van der Waals surface area contributed by atoms with Gasteiger partial charge in [-0.3, -0.25) is 9.98 Å². The standard InChI is InChI=1S/C20H20N6/c1-25-9-11-26(12-10-25)20-15-5-6-21-13-17(15)14-3-2-4-16(18(14)24-20)19-22-7-8-23-19/h2-7,13H,8-12H2,1H3. The van der Waals surface area contributed by atoms with Gasteiger partial charge < -0.3 is 9.80 Å². The van der Waals surface area contributed by atoms with Gasteiger partial charge in [0.15, 0.2) is 5.84 Å². The summed E-state index contributed by atoms with van der Waals surface area (Å²) in [4.78, 5) is 23.2. The van der Waals surface area contributed by atoms with E-state index in [9.17, 15) is 0 Å². The first-order valence-electron chi connectivity index (χ1n) is 8.98. The SMILES string of the molecule is CN1CCN(c2nc3c(C4=NCC=N4)cccc3c3cnccc23)CC1. The number of rotatable bonds is 2. The molecule has 2 aromatic heterocycles. The van der Waals surface area contributed by atoms with Gasteiger partial charge in [0, 0.05) is 66.5 Å². The number of piperazine rings is 1. The van der Waals surface area contributed by atoms with Crippen molar-refractivity contribution < 1.29 is 0 Å². The number of nitrogens with zero attached hydrogens (tertiary/aromatic N) is 6. The lowest BCUT2D eigenvalue weighted by atomic mass is 10.0. The summed E-state index contributed by atoms with van der Waals surface area (Å²) in [5.74, 6) is 1.81. The molecular formula is C20H20N6. The topological polar surface area (TPSA) is 57.0 Å². The van der Waals surface area contributed by atoms with Crippen LogP contribution in [0.1, 0.15) is 5.56 Å². The highest BCUT2D eigenvalue weighted by atomic mass is 15.3. The van der Waals surface area contributed by atoms with Gasteiger partial charge in [0.25, 0.3) is 0 Å². The Hall–Kier alpha value is -2.86. The lowest BCUT2D eigenvalue weighted by molar-refractivity contribution is 0.312. The zero-order valence-corrected chi connectivity index (χ0v) is 14.8. The molecule has 2 aliphatic heterocycles. The summed E-state index contributed by atoms with van der Waals surface area (Å²) < 4.78 is 0. The van der Waals surface area contributed by atoms with E-state index in [4.69, 9.17) is 4.98 Å². The molecule has 0 amide bonds. The van der Waals surface area contributed by atoms with E-state index in [1.807, 2.05) is 18.6 Å². The van der Waals surface area contributed by atoms with E-state index in [1.54, 1.807) is 0 Å². The van der Waals surface area contributed by atoms with E-state index in [1.165, 1.54) is 0 Å². The minimum atomic E-state index is 0.645. The molecule has 1 saturated heterocycles. The van der Waals surface area contributed by atoms with Gasteiger partial charge in [-0.15, -0.1) is 0 Å². The van der Waals surface area contributed by atoms with Crippen LogP contribution in [0.5, 0.6) is 0 Å². The molecule has 6 nitrogen and oxygen atoms in total. The number of anilines is 1. The zero-order chi connectivity index (χ0) is 17.5. The van der Waals surface area contributed by atoms with Crippen LogP contribution in [0.2, 0.25) is 0 Å². The Morgan fingerprint density at radius 3 is 2.65 bits per heavy atom. The molecule has 0 aliphatic carbocycles. The number of hydrogen-bond donors (Lipinski definition) is 0. The highest BCUT2D eigenvalue weighted by Crippen LogP contribution is 2.33. The van der Waals surface area contributed by atoms with Crippen LogP contribution in [0.3, 0.4) is 0 Å². The lowest BCUT2D eigenvalue weighted by Crippen LogP contribution is -2.44. The molecule has 1 fully saturated rings. The summed E-state index contributed by atoms with van der Waals surface area (Å²) in [6, 6.07) is 8.31. The summed E-state index contributed by atoms with van der Waals surface area (Å²) in [7, 11) is 2.17. The molecule has 0 radical (unpaired) electrons. The third kappa shape index (κ3) is 2.45. The number of para-hydroxylation sites is 1. The van der Waals surface area contributed by atoms with Gasteiger partial charge in [-0.2, -0.15) is 0 Å². The maximum Gasteiger partial charge on any atom is 0.156 e. The van der Waals surface area contributed by atoms with Crippen LogP contribution >= 0.6 is 0 Å². The average Bonchev–Trinajstić information content (AvgIpc) is 3.22. The highest BCUT2D eigenvalue weighted by Gasteiger charge is 2.21. The van der Waals surface area contributed by atoms with Crippen molar-refractivity contribution in [1.82, 2.24) is 14.9 Å². The number of pyridine rings is 2. The van der Waals surface area contributed by atoms with Crippen molar-refractivity contribution in [3.63, 3.8) is 0 Å². The number of aromatic nitrogens is 2. The van der Waals surface area contributed by atoms with E-state index in [0.717, 1.165) is 65.1 Å². The summed E-state index contributed by atoms with van der Waals surface area (Å²) >= 11 is 0. The van der Waals surface area contributed by atoms with Gasteiger partial charge in [-0.1, -0.05) is 12.1 Å². The molecule has 0 spiro atoms. The molecule has 0 unspecified atom stereocenters. The molecule has 130 valence electrons. The fourth-order valence-electron chi connectivity index (χ4n) is 3.74. The maximum absolute atomic E-state index is 5.12. The van der Waals surface area contributed by atoms with Crippen LogP contribution in [0, 0.1) is 0 Å². The molecule has 4 heterocycles. The van der Waals surface area contributed by atoms with Gasteiger partial charge >= 0.3 is 0 Å². The Bertz CT molecular complexity index is 1050. The Morgan fingerprint density at radius 1 is 0.962 bits per heavy atom. The van der Waals surface area contributed by atoms with Crippen LogP contribution in [-0.4, -0.2) is 66.7 Å². The van der Waals surface area contributed by atoms with E-state index in [0.29, 0.717) is 6.54 Å². The van der Waals surface area contributed by atoms with Crippen LogP contribution in [0.25, 0.3) is 21.7 Å². The highest BCUT2D eigenvalue weighted by molar-refractivity contribution is 6.18. The van der Waals surface area contributed by atoms with Gasteiger partial charge in [0.05, 0.1) is 12.1 Å². The van der Waals surface area contributed by atoms with Crippen LogP contribution in [-0.2, 0) is 0 Å². The Balaban J connectivity index is 1.78. The second-order valence-corrected chi connectivity index (χ2v) is 6.82. The second kappa shape index (κ2) is 6.14. The average molecular weight is 344 g/mol. The number of fused-ring (bicyclic) bond motifs is 3. The van der Waals surface area contributed by atoms with Crippen molar-refractivity contribution >= 4 is 39.5 Å². The minimum absolute atomic E-state index is 0.645. The molecular weight excluding hydrogens is 324 g/mol. The fourth-order valence-corrected chi connectivity index (χ4v) is 3.74. The summed E-state index contributed by atoms with van der Waals surface area (Å²) in [5, 5.41) is 3.40. The first-order chi connectivity index (χ1) is 12.8. The molecule has 0 bridgehead atoms. The number of aliphatic imine (C=N–C) groups is 2. The number of hydrogen-bond acceptors (Lipinski definition) is 6. The number of benzene rings is 1. The van der Waals surface area contributed by atoms with E-state index >= 15 is 0 Å². The molecule has 5 rings (SSSR count). The van der Waals surface area contributed by atoms with Crippen molar-refractivity contribution in [2.45, 2.75) is 0 Å². The molecule has 0 saturated carbocycles. The van der Waals surface area contributed by atoms with Gasteiger partial charge in [0.2, 0.25) is 0 Å². The Morgan fingerprint density at radius 2 is 1.85 bits per heavy atom. The Kier molecular flexibility index (Phi) is 3.64. The van der Waals surface area contributed by atoms with Gasteiger partial charge in [-0.05, 0) is 19.2 Å². The summed E-state index contributed by atoms with van der Waals surface area (Å²) in [6.45, 7) is 4.70. The van der Waals surface area contributed by atoms with Crippen molar-refractivity contribution in [3.8, 4) is 0 Å². The van der Waals surface area contributed by atoms with Crippen LogP contribution < -0.4 is 4.90 Å².